The molecular weight excluding hydrogens is 296 g/mol. The van der Waals surface area contributed by atoms with Gasteiger partial charge in [-0.2, -0.15) is 0 Å². The van der Waals surface area contributed by atoms with Crippen molar-refractivity contribution in [2.24, 2.45) is 0 Å². The molecule has 7 heteroatoms. The van der Waals surface area contributed by atoms with Crippen molar-refractivity contribution in [1.82, 2.24) is 10.3 Å². The summed E-state index contributed by atoms with van der Waals surface area (Å²) in [5, 5.41) is 5.48. The largest absolute Gasteiger partial charge is 0.465 e. The van der Waals surface area contributed by atoms with Crippen molar-refractivity contribution in [3.05, 3.63) is 48.6 Å². The highest BCUT2D eigenvalue weighted by Crippen LogP contribution is 2.15. The molecule has 2 amide bonds. The van der Waals surface area contributed by atoms with Crippen LogP contribution in [0.25, 0.3) is 6.08 Å². The minimum atomic E-state index is -0.270. The van der Waals surface area contributed by atoms with Crippen molar-refractivity contribution in [1.29, 1.82) is 0 Å². The molecule has 2 aromatic heterocycles. The van der Waals surface area contributed by atoms with E-state index in [0.29, 0.717) is 30.4 Å². The van der Waals surface area contributed by atoms with Crippen molar-refractivity contribution in [2.75, 3.05) is 29.9 Å². The van der Waals surface area contributed by atoms with E-state index in [4.69, 9.17) is 4.42 Å². The highest BCUT2D eigenvalue weighted by Gasteiger charge is 2.17. The quantitative estimate of drug-likeness (QED) is 0.830. The standard InChI is InChI=1S/C16H16N4O3/c21-15(6-4-13-2-1-9-23-13)19-12-3-5-14(18-10-12)20-8-7-17-16(22)11-20/h1-6,9-10H,7-8,11H2,(H,17,22)(H,19,21)/b6-4+. The summed E-state index contributed by atoms with van der Waals surface area (Å²) in [6.45, 7) is 1.62. The number of furan rings is 1. The summed E-state index contributed by atoms with van der Waals surface area (Å²) in [6, 6.07) is 7.05. The summed E-state index contributed by atoms with van der Waals surface area (Å²) in [6.07, 6.45) is 6.09. The van der Waals surface area contributed by atoms with E-state index >= 15 is 0 Å². The second kappa shape index (κ2) is 6.78. The maximum atomic E-state index is 11.8. The smallest absolute Gasteiger partial charge is 0.248 e. The minimum Gasteiger partial charge on any atom is -0.465 e. The van der Waals surface area contributed by atoms with Crippen molar-refractivity contribution in [3.8, 4) is 0 Å². The molecule has 2 N–H and O–H groups in total. The molecule has 0 saturated carbocycles. The number of carbonyl (C=O) groups is 2. The van der Waals surface area contributed by atoms with Crippen LogP contribution in [0.15, 0.2) is 47.2 Å². The van der Waals surface area contributed by atoms with Crippen LogP contribution in [0.1, 0.15) is 5.76 Å². The van der Waals surface area contributed by atoms with Gasteiger partial charge in [0.15, 0.2) is 0 Å². The first-order chi connectivity index (χ1) is 11.2. The molecule has 0 radical (unpaired) electrons. The molecule has 0 bridgehead atoms. The Hall–Kier alpha value is -3.09. The third-order valence-corrected chi connectivity index (χ3v) is 3.32. The maximum absolute atomic E-state index is 11.8. The highest BCUT2D eigenvalue weighted by molar-refractivity contribution is 6.01. The van der Waals surface area contributed by atoms with E-state index in [-0.39, 0.29) is 11.8 Å². The van der Waals surface area contributed by atoms with Crippen molar-refractivity contribution in [3.63, 3.8) is 0 Å². The molecule has 0 atom stereocenters. The lowest BCUT2D eigenvalue weighted by molar-refractivity contribution is -0.120. The van der Waals surface area contributed by atoms with Gasteiger partial charge in [-0.3, -0.25) is 9.59 Å². The number of anilines is 2. The van der Waals surface area contributed by atoms with E-state index in [1.807, 2.05) is 4.90 Å². The fourth-order valence-electron chi connectivity index (χ4n) is 2.21. The van der Waals surface area contributed by atoms with E-state index in [9.17, 15) is 9.59 Å². The van der Waals surface area contributed by atoms with Gasteiger partial charge in [-0.05, 0) is 30.3 Å². The average Bonchev–Trinajstić information content (AvgIpc) is 3.07. The molecule has 0 unspecified atom stereocenters. The fourth-order valence-corrected chi connectivity index (χ4v) is 2.21. The topological polar surface area (TPSA) is 87.5 Å². The maximum Gasteiger partial charge on any atom is 0.248 e. The SMILES string of the molecule is O=C(/C=C/c1ccco1)Nc1ccc(N2CCNC(=O)C2)nc1. The number of pyridine rings is 1. The summed E-state index contributed by atoms with van der Waals surface area (Å²) >= 11 is 0. The van der Waals surface area contributed by atoms with Crippen LogP contribution in [0.4, 0.5) is 11.5 Å². The van der Waals surface area contributed by atoms with E-state index in [1.165, 1.54) is 6.08 Å². The lowest BCUT2D eigenvalue weighted by Crippen LogP contribution is -2.48. The predicted molar refractivity (Wildman–Crippen MR) is 85.8 cm³/mol. The van der Waals surface area contributed by atoms with E-state index in [2.05, 4.69) is 15.6 Å². The molecule has 7 nitrogen and oxygen atoms in total. The number of nitrogens with one attached hydrogen (secondary N) is 2. The number of piperazine rings is 1. The van der Waals surface area contributed by atoms with Crippen molar-refractivity contribution >= 4 is 29.4 Å². The highest BCUT2D eigenvalue weighted by atomic mass is 16.3. The number of rotatable bonds is 4. The summed E-state index contributed by atoms with van der Waals surface area (Å²) in [4.78, 5) is 29.4. The molecule has 0 spiro atoms. The molecular formula is C16H16N4O3. The normalized spacial score (nSPS) is 14.8. The second-order valence-electron chi connectivity index (χ2n) is 5.01. The van der Waals surface area contributed by atoms with Gasteiger partial charge in [0.05, 0.1) is 24.7 Å². The Kier molecular flexibility index (Phi) is 4.37. The van der Waals surface area contributed by atoms with Crippen molar-refractivity contribution < 1.29 is 14.0 Å². The molecule has 2 aromatic rings. The Balaban J connectivity index is 1.58. The lowest BCUT2D eigenvalue weighted by atomic mass is 10.3. The van der Waals surface area contributed by atoms with Gasteiger partial charge in [0.2, 0.25) is 11.8 Å². The number of hydrogen-bond acceptors (Lipinski definition) is 5. The van der Waals surface area contributed by atoms with Crippen LogP contribution >= 0.6 is 0 Å². The van der Waals surface area contributed by atoms with Crippen LogP contribution < -0.4 is 15.5 Å². The molecule has 23 heavy (non-hydrogen) atoms. The van der Waals surface area contributed by atoms with Gasteiger partial charge < -0.3 is 20.0 Å². The van der Waals surface area contributed by atoms with Gasteiger partial charge >= 0.3 is 0 Å². The van der Waals surface area contributed by atoms with Crippen molar-refractivity contribution in [2.45, 2.75) is 0 Å². The summed E-state index contributed by atoms with van der Waals surface area (Å²) < 4.78 is 5.11. The molecule has 3 rings (SSSR count). The Morgan fingerprint density at radius 1 is 1.39 bits per heavy atom. The minimum absolute atomic E-state index is 0.0153. The van der Waals surface area contributed by atoms with E-state index in [1.54, 1.807) is 42.8 Å². The summed E-state index contributed by atoms with van der Waals surface area (Å²) in [5.41, 5.74) is 0.587. The third kappa shape index (κ3) is 3.97. The zero-order valence-corrected chi connectivity index (χ0v) is 12.4. The molecule has 0 aromatic carbocycles. The first-order valence-corrected chi connectivity index (χ1v) is 7.21. The number of amides is 2. The number of nitrogens with zero attached hydrogens (tertiary/aromatic N) is 2. The molecule has 1 aliphatic rings. The number of carbonyl (C=O) groups excluding carboxylic acids is 2. The zero-order chi connectivity index (χ0) is 16.1. The Morgan fingerprint density at radius 3 is 3.00 bits per heavy atom. The first-order valence-electron chi connectivity index (χ1n) is 7.21. The van der Waals surface area contributed by atoms with Gasteiger partial charge in [0.25, 0.3) is 0 Å². The van der Waals surface area contributed by atoms with E-state index < -0.39 is 0 Å². The Morgan fingerprint density at radius 2 is 2.30 bits per heavy atom. The van der Waals surface area contributed by atoms with E-state index in [0.717, 1.165) is 6.54 Å². The van der Waals surface area contributed by atoms with Gasteiger partial charge in [-0.15, -0.1) is 0 Å². The van der Waals surface area contributed by atoms with Crippen LogP contribution in [0.2, 0.25) is 0 Å². The average molecular weight is 312 g/mol. The predicted octanol–water partition coefficient (Wildman–Crippen LogP) is 1.26. The molecule has 1 aliphatic heterocycles. The van der Waals surface area contributed by atoms with Gasteiger partial charge in [-0.1, -0.05) is 0 Å². The molecule has 1 fully saturated rings. The molecule has 1 saturated heterocycles. The summed E-state index contributed by atoms with van der Waals surface area (Å²) in [5.74, 6) is 1.03. The van der Waals surface area contributed by atoms with Crippen LogP contribution in [0.3, 0.4) is 0 Å². The third-order valence-electron chi connectivity index (χ3n) is 3.32. The Bertz CT molecular complexity index is 707. The van der Waals surface area contributed by atoms with Gasteiger partial charge in [-0.25, -0.2) is 4.98 Å². The van der Waals surface area contributed by atoms with Crippen LogP contribution in [0.5, 0.6) is 0 Å². The van der Waals surface area contributed by atoms with Crippen LogP contribution in [-0.4, -0.2) is 36.4 Å². The lowest BCUT2D eigenvalue weighted by Gasteiger charge is -2.27. The summed E-state index contributed by atoms with van der Waals surface area (Å²) in [7, 11) is 0. The monoisotopic (exact) mass is 312 g/mol. The molecule has 0 aliphatic carbocycles. The van der Waals surface area contributed by atoms with Gasteiger partial charge in [0, 0.05) is 19.2 Å². The number of aromatic nitrogens is 1. The Labute approximate surface area is 133 Å². The fraction of sp³-hybridized carbons (Fsp3) is 0.188. The number of hydrogen-bond donors (Lipinski definition) is 2. The van der Waals surface area contributed by atoms with Gasteiger partial charge in [0.1, 0.15) is 11.6 Å². The first kappa shape index (κ1) is 14.8. The van der Waals surface area contributed by atoms with Crippen LogP contribution in [-0.2, 0) is 9.59 Å². The zero-order valence-electron chi connectivity index (χ0n) is 12.4. The molecule has 3 heterocycles. The second-order valence-corrected chi connectivity index (χ2v) is 5.01. The molecule has 118 valence electrons. The van der Waals surface area contributed by atoms with Crippen LogP contribution in [0, 0.1) is 0 Å².